The summed E-state index contributed by atoms with van der Waals surface area (Å²) in [5.41, 5.74) is 1.73. The minimum absolute atomic E-state index is 0.245. The van der Waals surface area contributed by atoms with Crippen molar-refractivity contribution in [2.45, 2.75) is 13.0 Å². The number of hydrogen-bond donors (Lipinski definition) is 1. The fourth-order valence-electron chi connectivity index (χ4n) is 3.09. The highest BCUT2D eigenvalue weighted by Crippen LogP contribution is 2.31. The molecular weight excluding hydrogens is 362 g/mol. The first kappa shape index (κ1) is 17.1. The van der Waals surface area contributed by atoms with Crippen LogP contribution in [0.3, 0.4) is 0 Å². The fraction of sp³-hybridized carbons (Fsp3) is 0.100. The number of imide groups is 1. The smallest absolute Gasteiger partial charge is 0.262 e. The first-order chi connectivity index (χ1) is 13.1. The van der Waals surface area contributed by atoms with Crippen molar-refractivity contribution in [3.05, 3.63) is 82.4 Å². The van der Waals surface area contributed by atoms with Crippen LogP contribution in [0.1, 0.15) is 49.6 Å². The molecule has 0 unspecified atom stereocenters. The summed E-state index contributed by atoms with van der Waals surface area (Å²) in [6, 6.07) is 13.5. The van der Waals surface area contributed by atoms with Gasteiger partial charge in [0.15, 0.2) is 5.13 Å². The highest BCUT2D eigenvalue weighted by Gasteiger charge is 2.39. The third kappa shape index (κ3) is 3.02. The van der Waals surface area contributed by atoms with Gasteiger partial charge >= 0.3 is 0 Å². The van der Waals surface area contributed by atoms with Gasteiger partial charge in [0.1, 0.15) is 0 Å². The monoisotopic (exact) mass is 377 g/mol. The average Bonchev–Trinajstić information content (AvgIpc) is 3.28. The van der Waals surface area contributed by atoms with E-state index in [-0.39, 0.29) is 17.4 Å². The molecule has 1 N–H and O–H groups in total. The SMILES string of the molecule is C[C@@H](c1ccccc1)N1C(=O)c2ccc(C(=O)Nc3nccs3)cc2C1=O. The van der Waals surface area contributed by atoms with Crippen molar-refractivity contribution in [2.24, 2.45) is 0 Å². The molecule has 3 aromatic rings. The number of thiazole rings is 1. The van der Waals surface area contributed by atoms with E-state index in [1.807, 2.05) is 37.3 Å². The molecule has 2 heterocycles. The lowest BCUT2D eigenvalue weighted by Crippen LogP contribution is -2.32. The minimum atomic E-state index is -0.397. The maximum Gasteiger partial charge on any atom is 0.262 e. The Hall–Kier alpha value is -3.32. The maximum absolute atomic E-state index is 12.9. The molecule has 0 spiro atoms. The molecule has 2 aromatic carbocycles. The van der Waals surface area contributed by atoms with Gasteiger partial charge in [0.2, 0.25) is 0 Å². The minimum Gasteiger partial charge on any atom is -0.298 e. The van der Waals surface area contributed by atoms with Gasteiger partial charge in [-0.3, -0.25) is 24.6 Å². The zero-order valence-electron chi connectivity index (χ0n) is 14.4. The summed E-state index contributed by atoms with van der Waals surface area (Å²) in [6.45, 7) is 1.81. The molecule has 1 aliphatic heterocycles. The van der Waals surface area contributed by atoms with Crippen molar-refractivity contribution in [3.8, 4) is 0 Å². The van der Waals surface area contributed by atoms with Crippen LogP contribution in [0.2, 0.25) is 0 Å². The molecule has 0 saturated carbocycles. The number of carbonyl (C=O) groups is 3. The van der Waals surface area contributed by atoms with Gasteiger partial charge in [-0.25, -0.2) is 4.98 Å². The van der Waals surface area contributed by atoms with E-state index in [9.17, 15) is 14.4 Å². The molecule has 7 heteroatoms. The Bertz CT molecular complexity index is 1030. The first-order valence-corrected chi connectivity index (χ1v) is 9.22. The van der Waals surface area contributed by atoms with Gasteiger partial charge in [0.25, 0.3) is 17.7 Å². The number of benzene rings is 2. The second-order valence-corrected chi connectivity index (χ2v) is 7.01. The van der Waals surface area contributed by atoms with E-state index in [0.717, 1.165) is 5.56 Å². The van der Waals surface area contributed by atoms with Crippen molar-refractivity contribution >= 4 is 34.2 Å². The van der Waals surface area contributed by atoms with Gasteiger partial charge < -0.3 is 0 Å². The summed E-state index contributed by atoms with van der Waals surface area (Å²) in [6.07, 6.45) is 1.59. The van der Waals surface area contributed by atoms with E-state index in [4.69, 9.17) is 0 Å². The third-order valence-corrected chi connectivity index (χ3v) is 5.19. The number of nitrogens with one attached hydrogen (secondary N) is 1. The maximum atomic E-state index is 12.9. The summed E-state index contributed by atoms with van der Waals surface area (Å²) in [7, 11) is 0. The molecule has 27 heavy (non-hydrogen) atoms. The Morgan fingerprint density at radius 2 is 1.81 bits per heavy atom. The van der Waals surface area contributed by atoms with Gasteiger partial charge in [-0.15, -0.1) is 11.3 Å². The average molecular weight is 377 g/mol. The Kier molecular flexibility index (Phi) is 4.29. The van der Waals surface area contributed by atoms with Gasteiger partial charge in [0.05, 0.1) is 17.2 Å². The molecule has 134 valence electrons. The molecule has 0 fully saturated rings. The Labute approximate surface area is 159 Å². The standard InChI is InChI=1S/C20H15N3O3S/c1-12(13-5-3-2-4-6-13)23-18(25)15-8-7-14(11-16(15)19(23)26)17(24)22-20-21-9-10-27-20/h2-12H,1H3,(H,21,22,24)/t12-/m0/s1. The van der Waals surface area contributed by atoms with E-state index in [1.165, 1.54) is 28.4 Å². The number of rotatable bonds is 4. The quantitative estimate of drug-likeness (QED) is 0.702. The van der Waals surface area contributed by atoms with Crippen LogP contribution in [0.4, 0.5) is 5.13 Å². The van der Waals surface area contributed by atoms with E-state index < -0.39 is 11.9 Å². The zero-order chi connectivity index (χ0) is 19.0. The van der Waals surface area contributed by atoms with Crippen LogP contribution in [0.15, 0.2) is 60.1 Å². The number of hydrogen-bond acceptors (Lipinski definition) is 5. The third-order valence-electron chi connectivity index (χ3n) is 4.50. The van der Waals surface area contributed by atoms with Crippen molar-refractivity contribution < 1.29 is 14.4 Å². The number of amides is 3. The van der Waals surface area contributed by atoms with Gasteiger partial charge in [-0.05, 0) is 30.7 Å². The molecule has 6 nitrogen and oxygen atoms in total. The predicted octanol–water partition coefficient (Wildman–Crippen LogP) is 3.75. The molecule has 0 saturated heterocycles. The molecule has 0 radical (unpaired) electrons. The highest BCUT2D eigenvalue weighted by molar-refractivity contribution is 7.13. The van der Waals surface area contributed by atoms with Gasteiger partial charge in [-0.2, -0.15) is 0 Å². The van der Waals surface area contributed by atoms with Crippen LogP contribution in [-0.2, 0) is 0 Å². The molecule has 1 aromatic heterocycles. The molecule has 0 aliphatic carbocycles. The fourth-order valence-corrected chi connectivity index (χ4v) is 3.61. The van der Waals surface area contributed by atoms with Crippen LogP contribution >= 0.6 is 11.3 Å². The molecule has 4 rings (SSSR count). The number of anilines is 1. The molecule has 1 aliphatic rings. The summed E-state index contributed by atoms with van der Waals surface area (Å²) in [5, 5.41) is 4.90. The second kappa shape index (κ2) is 6.77. The summed E-state index contributed by atoms with van der Waals surface area (Å²) < 4.78 is 0. The van der Waals surface area contributed by atoms with Crippen molar-refractivity contribution in [1.29, 1.82) is 0 Å². The van der Waals surface area contributed by atoms with Crippen molar-refractivity contribution in [3.63, 3.8) is 0 Å². The van der Waals surface area contributed by atoms with Crippen LogP contribution in [-0.4, -0.2) is 27.6 Å². The lowest BCUT2D eigenvalue weighted by Gasteiger charge is -2.22. The van der Waals surface area contributed by atoms with E-state index in [2.05, 4.69) is 10.3 Å². The van der Waals surface area contributed by atoms with E-state index in [1.54, 1.807) is 17.6 Å². The first-order valence-electron chi connectivity index (χ1n) is 8.34. The van der Waals surface area contributed by atoms with Gasteiger partial charge in [-0.1, -0.05) is 30.3 Å². The molecule has 0 bridgehead atoms. The van der Waals surface area contributed by atoms with Crippen molar-refractivity contribution in [1.82, 2.24) is 9.88 Å². The summed E-state index contributed by atoms with van der Waals surface area (Å²) >= 11 is 1.30. The second-order valence-electron chi connectivity index (χ2n) is 6.12. The lowest BCUT2D eigenvalue weighted by atomic mass is 10.1. The predicted molar refractivity (Wildman–Crippen MR) is 102 cm³/mol. The Morgan fingerprint density at radius 1 is 1.07 bits per heavy atom. The molecule has 1 atom stereocenters. The van der Waals surface area contributed by atoms with Crippen LogP contribution in [0, 0.1) is 0 Å². The number of carbonyl (C=O) groups excluding carboxylic acids is 3. The Balaban J connectivity index is 1.63. The van der Waals surface area contributed by atoms with Crippen LogP contribution in [0.25, 0.3) is 0 Å². The van der Waals surface area contributed by atoms with Crippen molar-refractivity contribution in [2.75, 3.05) is 5.32 Å². The molecular formula is C20H15N3O3S. The number of aromatic nitrogens is 1. The lowest BCUT2D eigenvalue weighted by molar-refractivity contribution is 0.0595. The van der Waals surface area contributed by atoms with Crippen LogP contribution < -0.4 is 5.32 Å². The highest BCUT2D eigenvalue weighted by atomic mass is 32.1. The number of fused-ring (bicyclic) bond motifs is 1. The number of nitrogens with zero attached hydrogens (tertiary/aromatic N) is 2. The van der Waals surface area contributed by atoms with E-state index in [0.29, 0.717) is 16.3 Å². The van der Waals surface area contributed by atoms with E-state index >= 15 is 0 Å². The normalized spacial score (nSPS) is 14.2. The summed E-state index contributed by atoms with van der Waals surface area (Å²) in [5.74, 6) is -1.11. The topological polar surface area (TPSA) is 79.4 Å². The largest absolute Gasteiger partial charge is 0.298 e. The van der Waals surface area contributed by atoms with Crippen LogP contribution in [0.5, 0.6) is 0 Å². The zero-order valence-corrected chi connectivity index (χ0v) is 15.2. The summed E-state index contributed by atoms with van der Waals surface area (Å²) in [4.78, 5) is 43.3. The molecule has 3 amide bonds. The Morgan fingerprint density at radius 3 is 2.52 bits per heavy atom. The van der Waals surface area contributed by atoms with Gasteiger partial charge in [0, 0.05) is 17.1 Å².